The molecule has 2 aromatic heterocycles. The second-order valence-electron chi connectivity index (χ2n) is 30.2. The molecule has 8 aromatic carbocycles. The summed E-state index contributed by atoms with van der Waals surface area (Å²) in [6, 6.07) is 32.3. The van der Waals surface area contributed by atoms with Crippen molar-refractivity contribution in [1.29, 1.82) is 0 Å². The summed E-state index contributed by atoms with van der Waals surface area (Å²) in [5, 5.41) is 145. The Hall–Kier alpha value is -13.4. The van der Waals surface area contributed by atoms with E-state index in [1.807, 2.05) is 69.3 Å². The Morgan fingerprint density at radius 2 is 0.659 bits per heavy atom. The number of aryl methyl sites for hydroxylation is 4. The van der Waals surface area contributed by atoms with Gasteiger partial charge in [0.15, 0.2) is 0 Å². The summed E-state index contributed by atoms with van der Waals surface area (Å²) in [6.45, 7) is 40.1. The minimum absolute atomic E-state index is 0. The number of carboxylic acids is 1. The summed E-state index contributed by atoms with van der Waals surface area (Å²) in [7, 11) is -8.20. The number of aliphatic carboxylic acids is 1. The van der Waals surface area contributed by atoms with Crippen LogP contribution < -0.4 is 59.3 Å². The van der Waals surface area contributed by atoms with Crippen molar-refractivity contribution in [3.63, 3.8) is 0 Å². The number of nitrogens with one attached hydrogen (secondary N) is 6. The third kappa shape index (κ3) is 35.2. The Labute approximate surface area is 791 Å². The molecule has 0 fully saturated rings. The number of aromatic hydroxyl groups is 3. The van der Waals surface area contributed by atoms with Gasteiger partial charge in [0.2, 0.25) is 53.8 Å². The predicted molar refractivity (Wildman–Crippen MR) is 502 cm³/mol. The van der Waals surface area contributed by atoms with E-state index in [0.717, 1.165) is 164 Å². The van der Waals surface area contributed by atoms with Crippen LogP contribution in [-0.2, 0) is 41.9 Å². The van der Waals surface area contributed by atoms with E-state index in [-0.39, 0.29) is 66.8 Å². The molecule has 15 N–H and O–H groups in total. The van der Waals surface area contributed by atoms with E-state index in [9.17, 15) is 52.3 Å². The summed E-state index contributed by atoms with van der Waals surface area (Å²) in [5.41, 5.74) is 8.79. The number of carboxylic acid groups (broad SMARTS) is 1. The van der Waals surface area contributed by atoms with Crippen molar-refractivity contribution < 1.29 is 79.6 Å². The fourth-order valence-corrected chi connectivity index (χ4v) is 13.6. The van der Waals surface area contributed by atoms with Crippen LogP contribution in [-0.4, -0.2) is 209 Å². The molecule has 0 amide bonds. The molecule has 0 saturated carbocycles. The van der Waals surface area contributed by atoms with Gasteiger partial charge in [0.1, 0.15) is 40.4 Å². The largest absolute Gasteiger partial charge is 3.00 e. The van der Waals surface area contributed by atoms with E-state index in [0.29, 0.717) is 122 Å². The number of nitrogens with zero attached hydrogens (tertiary/aromatic N) is 22. The number of aromatic nitrogens is 6. The SMILES string of the molecule is CC(O)C(=O)O.CCN(CC)CCCN=c1[nH]c(=NCCCN(CC)CC)[nH]c(=Nc2cccc(N=Nc3cc(C)c(N=Nc4c([O-])ccc(N=Nc5cc(S(N)(=O)=O)ccc5[O-])c4[O-])cc3C)c2)[nH]1.CCN(CC)CCCN=c1[nH]c(=NCCCN(CC)CC)[nH]c(=Nc2cccc(N=Nc3cc(C)c(N=Nc4cc(N=Nc5cc(S(N)(=O)=O)ccc5O)c(O)cc4O)cc3C)c2)[nH]1.[Fe+3]. The quantitative estimate of drug-likeness (QED) is 0.00961. The van der Waals surface area contributed by atoms with Crippen LogP contribution in [0.15, 0.2) is 235 Å². The Morgan fingerprint density at radius 1 is 0.363 bits per heavy atom. The zero-order valence-electron chi connectivity index (χ0n) is 77.6. The van der Waals surface area contributed by atoms with Crippen LogP contribution in [0.1, 0.15) is 110 Å². The van der Waals surface area contributed by atoms with Crippen molar-refractivity contribution >= 4 is 106 Å². The number of nitrogens with two attached hydrogens (primary N) is 2. The summed E-state index contributed by atoms with van der Waals surface area (Å²) in [6.07, 6.45) is 2.44. The number of hydrogen-bond donors (Lipinski definition) is 13. The molecule has 10 aromatic rings. The third-order valence-electron chi connectivity index (χ3n) is 20.4. The van der Waals surface area contributed by atoms with E-state index in [4.69, 9.17) is 50.4 Å². The molecule has 46 heteroatoms. The number of benzene rings is 8. The van der Waals surface area contributed by atoms with Crippen molar-refractivity contribution in [2.75, 3.05) is 105 Å². The maximum atomic E-state index is 13.1. The van der Waals surface area contributed by atoms with Gasteiger partial charge in [-0.3, -0.25) is 49.9 Å². The minimum Gasteiger partial charge on any atom is -0.871 e. The van der Waals surface area contributed by atoms with Gasteiger partial charge in [0.05, 0.1) is 72.4 Å². The van der Waals surface area contributed by atoms with Crippen LogP contribution in [0.3, 0.4) is 0 Å². The number of primary sulfonamides is 2. The molecule has 0 spiro atoms. The molecule has 0 bridgehead atoms. The first kappa shape index (κ1) is 109. The zero-order chi connectivity index (χ0) is 97.6. The molecular weight excluding hydrogens is 1820 g/mol. The number of H-pyrrole nitrogens is 6. The summed E-state index contributed by atoms with van der Waals surface area (Å²) >= 11 is 0. The second-order valence-corrected chi connectivity index (χ2v) is 33.3. The molecule has 2 heterocycles. The first-order valence-corrected chi connectivity index (χ1v) is 46.6. The van der Waals surface area contributed by atoms with Gasteiger partial charge in [-0.1, -0.05) is 96.9 Å². The van der Waals surface area contributed by atoms with Crippen LogP contribution >= 0.6 is 0 Å². The normalized spacial score (nSPS) is 12.8. The summed E-state index contributed by atoms with van der Waals surface area (Å²) in [5.74, 6) is -4.65. The Balaban J connectivity index is 0.000000344. The van der Waals surface area contributed by atoms with E-state index in [2.05, 4.69) is 166 Å². The van der Waals surface area contributed by atoms with Gasteiger partial charge < -0.3 is 60.5 Å². The van der Waals surface area contributed by atoms with E-state index in [1.54, 1.807) is 31.2 Å². The van der Waals surface area contributed by atoms with Gasteiger partial charge in [-0.2, -0.15) is 46.0 Å². The Morgan fingerprint density at radius 3 is 1.01 bits per heavy atom. The Kier molecular flexibility index (Phi) is 43.5. The molecule has 0 aliphatic carbocycles. The fourth-order valence-electron chi connectivity index (χ4n) is 12.5. The van der Waals surface area contributed by atoms with Crippen molar-refractivity contribution in [3.05, 3.63) is 189 Å². The number of aliphatic hydroxyl groups excluding tert-OH is 1. The van der Waals surface area contributed by atoms with Crippen molar-refractivity contribution in [2.24, 2.45) is 102 Å². The number of phenolic OH excluding ortho intramolecular Hbond substituents is 3. The van der Waals surface area contributed by atoms with Crippen molar-refractivity contribution in [1.82, 2.24) is 49.5 Å². The van der Waals surface area contributed by atoms with Crippen LogP contribution in [0, 0.1) is 27.7 Å². The molecule has 0 aliphatic rings. The molecule has 1 radical (unpaired) electrons. The smallest absolute Gasteiger partial charge is 0.871 e. The minimum atomic E-state index is -4.12. The fraction of sp³-hybridized carbons (Fsp3) is 0.382. The van der Waals surface area contributed by atoms with Crippen molar-refractivity contribution in [2.45, 2.75) is 132 Å². The molecule has 10 rings (SSSR count). The maximum Gasteiger partial charge on any atom is 3.00 e. The number of azo groups is 6. The van der Waals surface area contributed by atoms with Gasteiger partial charge in [0.25, 0.3) is 0 Å². The van der Waals surface area contributed by atoms with E-state index >= 15 is 0 Å². The van der Waals surface area contributed by atoms with Crippen LogP contribution in [0.4, 0.5) is 79.6 Å². The first-order valence-electron chi connectivity index (χ1n) is 43.5. The topological polar surface area (TPSA) is 638 Å². The number of aliphatic hydroxyl groups is 1. The average Bonchev–Trinajstić information content (AvgIpc) is 0.813. The molecule has 0 saturated heterocycles. The monoisotopic (exact) mass is 1930 g/mol. The second kappa shape index (κ2) is 54.1. The molecule has 43 nitrogen and oxygen atoms in total. The molecule has 1 atom stereocenters. The number of rotatable bonds is 41. The van der Waals surface area contributed by atoms with Gasteiger partial charge in [-0.05, 0) is 258 Å². The predicted octanol–water partition coefficient (Wildman–Crippen LogP) is 13.1. The number of aromatic amines is 6. The Bertz CT molecular complexity index is 6370. The van der Waals surface area contributed by atoms with Gasteiger partial charge in [-0.15, -0.1) is 15.3 Å². The summed E-state index contributed by atoms with van der Waals surface area (Å²) < 4.78 is 46.9. The standard InChI is InChI=1S/2C43H57N15O5S.C3H6O3.Fe/c1-7-57(8-2)22-12-20-45-41-48-42(46-21-13-23-58(9-3)10-4)50-43(49-41)47-30-14-11-15-31(26-30)51-53-34-24-29(6)35(25-28(34)5)54-56-39-38(60)19-17-33(40(39)61)52-55-36-27-32(64(44,62)63)16-18-37(36)59;1-7-57(8-2)20-12-18-45-41-48-42(46-19-13-21-58(9-3)10-4)50-43(49-41)47-30-14-11-15-31(24-30)51-52-33-22-29(6)34(23-28(33)5)53-55-36-26-37(40(61)27-39(36)60)56-54-35-25-32(64(44,62)63)16-17-38(35)59;1-2(4)3(5)6;/h11,14-19,24-27,59-61H,7-10,12-13,20-23H2,1-6H3,(H2,44,62,63)(H3,45,46,47,48,49,50);11,14-17,22-27,59-61H,7-10,12-13,18-21H2,1-6H3,(H2,44,62,63)(H3,45,46,47,48,49,50);2,4H,1H3,(H,5,6);/q;;;+3/p-3. The van der Waals surface area contributed by atoms with E-state index in [1.165, 1.54) is 13.0 Å². The molecule has 1 unspecified atom stereocenters. The van der Waals surface area contributed by atoms with Crippen LogP contribution in [0.5, 0.6) is 34.5 Å². The average molecular weight is 1940 g/mol. The molecular formula is C89H117FeN30O13S2. The maximum absolute atomic E-state index is 13.1. The van der Waals surface area contributed by atoms with Crippen molar-refractivity contribution in [3.8, 4) is 34.5 Å². The molecule has 0 aliphatic heterocycles. The zero-order valence-corrected chi connectivity index (χ0v) is 80.3. The van der Waals surface area contributed by atoms with Gasteiger partial charge in [-0.25, -0.2) is 41.9 Å². The number of phenols is 3. The van der Waals surface area contributed by atoms with Crippen LogP contribution in [0.2, 0.25) is 0 Å². The van der Waals surface area contributed by atoms with Crippen LogP contribution in [0.25, 0.3) is 0 Å². The molecule has 135 heavy (non-hydrogen) atoms. The number of carbonyl (C=O) groups is 1. The third-order valence-corrected chi connectivity index (χ3v) is 22.2. The first-order chi connectivity index (χ1) is 64.0. The molecule has 721 valence electrons. The number of sulfonamides is 2. The van der Waals surface area contributed by atoms with E-state index < -0.39 is 60.8 Å². The van der Waals surface area contributed by atoms with Gasteiger partial charge >= 0.3 is 23.0 Å². The summed E-state index contributed by atoms with van der Waals surface area (Å²) in [4.78, 5) is 66.5. The van der Waals surface area contributed by atoms with Gasteiger partial charge in [0, 0.05) is 38.3 Å². The number of hydrogen-bond acceptors (Lipinski definition) is 34.